The minimum atomic E-state index is -4.40. The highest BCUT2D eigenvalue weighted by Crippen LogP contribution is 2.32. The molecule has 0 fully saturated rings. The molecule has 120 valence electrons. The summed E-state index contributed by atoms with van der Waals surface area (Å²) in [6.45, 7) is 7.18. The molecule has 1 atom stereocenters. The number of anilines is 2. The van der Waals surface area contributed by atoms with E-state index in [1.54, 1.807) is 0 Å². The van der Waals surface area contributed by atoms with Crippen molar-refractivity contribution in [2.75, 3.05) is 30.3 Å². The van der Waals surface area contributed by atoms with Crippen LogP contribution in [0, 0.1) is 0 Å². The first-order chi connectivity index (χ1) is 9.86. The zero-order chi connectivity index (χ0) is 15.9. The molecule has 1 aromatic rings. The lowest BCUT2D eigenvalue weighted by atomic mass is 10.2. The zero-order valence-corrected chi connectivity index (χ0v) is 12.5. The minimum absolute atomic E-state index is 0.0987. The summed E-state index contributed by atoms with van der Waals surface area (Å²) in [6.07, 6.45) is -3.69. The molecule has 0 saturated heterocycles. The standard InChI is InChI=1S/C14H22F3N3O/c1-4-6-18-12-7-11(14(15,16)17)8-13(20-12)19-9-10(3)21-5-2/h7-8,10H,4-6,9H2,1-3H3,(H2,18,19,20). The summed E-state index contributed by atoms with van der Waals surface area (Å²) in [4.78, 5) is 4.14. The van der Waals surface area contributed by atoms with Gasteiger partial charge in [0.05, 0.1) is 11.7 Å². The number of rotatable bonds is 8. The first-order valence-corrected chi connectivity index (χ1v) is 7.05. The Bertz CT molecular complexity index is 438. The van der Waals surface area contributed by atoms with Crippen LogP contribution >= 0.6 is 0 Å². The molecule has 0 radical (unpaired) electrons. The van der Waals surface area contributed by atoms with Crippen molar-refractivity contribution in [2.24, 2.45) is 0 Å². The van der Waals surface area contributed by atoms with Crippen LogP contribution in [0.3, 0.4) is 0 Å². The van der Waals surface area contributed by atoms with Gasteiger partial charge < -0.3 is 15.4 Å². The lowest BCUT2D eigenvalue weighted by molar-refractivity contribution is -0.137. The van der Waals surface area contributed by atoms with E-state index in [-0.39, 0.29) is 17.7 Å². The SMILES string of the molecule is CCCNc1cc(C(F)(F)F)cc(NCC(C)OCC)n1. The van der Waals surface area contributed by atoms with Crippen molar-refractivity contribution in [1.82, 2.24) is 4.98 Å². The van der Waals surface area contributed by atoms with Gasteiger partial charge in [0, 0.05) is 19.7 Å². The second kappa shape index (κ2) is 8.07. The zero-order valence-electron chi connectivity index (χ0n) is 12.5. The van der Waals surface area contributed by atoms with Gasteiger partial charge in [-0.3, -0.25) is 0 Å². The Balaban J connectivity index is 2.85. The second-order valence-electron chi connectivity index (χ2n) is 4.70. The maximum Gasteiger partial charge on any atom is 0.416 e. The predicted molar refractivity (Wildman–Crippen MR) is 77.6 cm³/mol. The lowest BCUT2D eigenvalue weighted by Gasteiger charge is -2.16. The first-order valence-electron chi connectivity index (χ1n) is 7.05. The molecule has 1 heterocycles. The average Bonchev–Trinajstić information content (AvgIpc) is 2.42. The highest BCUT2D eigenvalue weighted by Gasteiger charge is 2.31. The van der Waals surface area contributed by atoms with E-state index in [1.165, 1.54) is 0 Å². The van der Waals surface area contributed by atoms with Crippen molar-refractivity contribution >= 4 is 11.6 Å². The van der Waals surface area contributed by atoms with Gasteiger partial charge in [0.15, 0.2) is 0 Å². The van der Waals surface area contributed by atoms with E-state index in [2.05, 4.69) is 15.6 Å². The van der Waals surface area contributed by atoms with E-state index in [1.807, 2.05) is 20.8 Å². The van der Waals surface area contributed by atoms with Crippen LogP contribution in [0.25, 0.3) is 0 Å². The third kappa shape index (κ3) is 6.20. The topological polar surface area (TPSA) is 46.2 Å². The summed E-state index contributed by atoms with van der Waals surface area (Å²) in [5.74, 6) is 0.410. The van der Waals surface area contributed by atoms with Crippen LogP contribution in [-0.4, -0.2) is 30.8 Å². The maximum absolute atomic E-state index is 12.9. The summed E-state index contributed by atoms with van der Waals surface area (Å²) < 4.78 is 44.0. The van der Waals surface area contributed by atoms with Gasteiger partial charge in [-0.15, -0.1) is 0 Å². The van der Waals surface area contributed by atoms with E-state index in [9.17, 15) is 13.2 Å². The molecule has 21 heavy (non-hydrogen) atoms. The largest absolute Gasteiger partial charge is 0.416 e. The van der Waals surface area contributed by atoms with Crippen LogP contribution in [0.4, 0.5) is 24.8 Å². The molecule has 0 saturated carbocycles. The average molecular weight is 305 g/mol. The van der Waals surface area contributed by atoms with Gasteiger partial charge in [0.2, 0.25) is 0 Å². The normalized spacial score (nSPS) is 13.0. The number of alkyl halides is 3. The van der Waals surface area contributed by atoms with Crippen LogP contribution in [0.15, 0.2) is 12.1 Å². The van der Waals surface area contributed by atoms with E-state index in [0.29, 0.717) is 19.7 Å². The highest BCUT2D eigenvalue weighted by molar-refractivity contribution is 5.49. The monoisotopic (exact) mass is 305 g/mol. The lowest BCUT2D eigenvalue weighted by Crippen LogP contribution is -2.21. The number of hydrogen-bond donors (Lipinski definition) is 2. The second-order valence-corrected chi connectivity index (χ2v) is 4.70. The smallest absolute Gasteiger partial charge is 0.377 e. The Morgan fingerprint density at radius 2 is 1.81 bits per heavy atom. The van der Waals surface area contributed by atoms with Crippen LogP contribution in [-0.2, 0) is 10.9 Å². The van der Waals surface area contributed by atoms with Crippen LogP contribution in [0.2, 0.25) is 0 Å². The molecule has 0 bridgehead atoms. The molecule has 4 nitrogen and oxygen atoms in total. The molecule has 1 unspecified atom stereocenters. The Morgan fingerprint density at radius 1 is 1.19 bits per heavy atom. The van der Waals surface area contributed by atoms with E-state index in [0.717, 1.165) is 18.6 Å². The molecule has 0 aliphatic rings. The van der Waals surface area contributed by atoms with Crippen molar-refractivity contribution in [3.63, 3.8) is 0 Å². The molecule has 0 aliphatic heterocycles. The molecule has 1 rings (SSSR count). The quantitative estimate of drug-likeness (QED) is 0.767. The van der Waals surface area contributed by atoms with Gasteiger partial charge in [0.1, 0.15) is 11.6 Å². The maximum atomic E-state index is 12.9. The number of halogens is 3. The van der Waals surface area contributed by atoms with Crippen LogP contribution in [0.1, 0.15) is 32.8 Å². The summed E-state index contributed by atoms with van der Waals surface area (Å²) in [5, 5.41) is 5.76. The van der Waals surface area contributed by atoms with E-state index in [4.69, 9.17) is 4.74 Å². The Morgan fingerprint density at radius 3 is 2.33 bits per heavy atom. The van der Waals surface area contributed by atoms with Crippen molar-refractivity contribution in [1.29, 1.82) is 0 Å². The minimum Gasteiger partial charge on any atom is -0.377 e. The first kappa shape index (κ1) is 17.6. The molecule has 1 aromatic heterocycles. The summed E-state index contributed by atoms with van der Waals surface area (Å²) in [5.41, 5.74) is -0.720. The fourth-order valence-corrected chi connectivity index (χ4v) is 1.72. The molecule has 2 N–H and O–H groups in total. The number of ether oxygens (including phenoxy) is 1. The molecular weight excluding hydrogens is 283 g/mol. The third-order valence-corrected chi connectivity index (χ3v) is 2.73. The summed E-state index contributed by atoms with van der Waals surface area (Å²) in [6, 6.07) is 2.03. The summed E-state index contributed by atoms with van der Waals surface area (Å²) in [7, 11) is 0. The van der Waals surface area contributed by atoms with Gasteiger partial charge in [-0.25, -0.2) is 4.98 Å². The van der Waals surface area contributed by atoms with E-state index < -0.39 is 11.7 Å². The van der Waals surface area contributed by atoms with Gasteiger partial charge in [0.25, 0.3) is 0 Å². The highest BCUT2D eigenvalue weighted by atomic mass is 19.4. The van der Waals surface area contributed by atoms with Gasteiger partial charge in [-0.05, 0) is 32.4 Å². The van der Waals surface area contributed by atoms with E-state index >= 15 is 0 Å². The van der Waals surface area contributed by atoms with Crippen molar-refractivity contribution < 1.29 is 17.9 Å². The number of pyridine rings is 1. The Hall–Kier alpha value is -1.50. The van der Waals surface area contributed by atoms with Gasteiger partial charge in [-0.2, -0.15) is 13.2 Å². The van der Waals surface area contributed by atoms with Crippen molar-refractivity contribution in [2.45, 2.75) is 39.5 Å². The molecule has 0 aromatic carbocycles. The molecule has 0 spiro atoms. The van der Waals surface area contributed by atoms with Gasteiger partial charge >= 0.3 is 6.18 Å². The van der Waals surface area contributed by atoms with Crippen LogP contribution < -0.4 is 10.6 Å². The van der Waals surface area contributed by atoms with Crippen molar-refractivity contribution in [3.8, 4) is 0 Å². The molecule has 0 aliphatic carbocycles. The Labute approximate surface area is 123 Å². The predicted octanol–water partition coefficient (Wildman–Crippen LogP) is 3.76. The van der Waals surface area contributed by atoms with Gasteiger partial charge in [-0.1, -0.05) is 6.92 Å². The Kier molecular flexibility index (Phi) is 6.74. The molecular formula is C14H22F3N3O. The fourth-order valence-electron chi connectivity index (χ4n) is 1.72. The number of nitrogens with one attached hydrogen (secondary N) is 2. The van der Waals surface area contributed by atoms with Crippen LogP contribution in [0.5, 0.6) is 0 Å². The number of nitrogens with zero attached hydrogens (tertiary/aromatic N) is 1. The van der Waals surface area contributed by atoms with Crippen molar-refractivity contribution in [3.05, 3.63) is 17.7 Å². The summed E-state index contributed by atoms with van der Waals surface area (Å²) >= 11 is 0. The number of aromatic nitrogens is 1. The molecule has 7 heteroatoms. The third-order valence-electron chi connectivity index (χ3n) is 2.73. The number of hydrogen-bond acceptors (Lipinski definition) is 4. The fraction of sp³-hybridized carbons (Fsp3) is 0.643. The molecule has 0 amide bonds.